The van der Waals surface area contributed by atoms with E-state index in [1.807, 2.05) is 0 Å². The van der Waals surface area contributed by atoms with Crippen LogP contribution in [0.1, 0.15) is 11.3 Å². The average molecular weight is 242 g/mol. The van der Waals surface area contributed by atoms with Gasteiger partial charge in [0.25, 0.3) is 0 Å². The van der Waals surface area contributed by atoms with Crippen LogP contribution in [-0.4, -0.2) is 10.3 Å². The highest BCUT2D eigenvalue weighted by Gasteiger charge is 2.16. The van der Waals surface area contributed by atoms with Gasteiger partial charge in [-0.3, -0.25) is 0 Å². The lowest BCUT2D eigenvalue weighted by molar-refractivity contribution is 0.278. The average Bonchev–Trinajstić information content (AvgIpc) is 2.59. The molecule has 1 N–H and O–H groups in total. The van der Waals surface area contributed by atoms with Crippen LogP contribution >= 0.6 is 11.6 Å². The van der Waals surface area contributed by atoms with Crippen LogP contribution in [0, 0.1) is 12.7 Å². The van der Waals surface area contributed by atoms with Crippen molar-refractivity contribution in [2.45, 2.75) is 13.5 Å². The maximum absolute atomic E-state index is 13.6. The number of aliphatic hydroxyl groups is 1. The number of halogens is 2. The van der Waals surface area contributed by atoms with E-state index in [9.17, 15) is 4.39 Å². The van der Waals surface area contributed by atoms with Gasteiger partial charge in [-0.25, -0.2) is 4.39 Å². The Kier molecular flexibility index (Phi) is 2.94. The van der Waals surface area contributed by atoms with E-state index in [0.29, 0.717) is 22.0 Å². The van der Waals surface area contributed by atoms with Crippen molar-refractivity contribution in [3.63, 3.8) is 0 Å². The number of aryl methyl sites for hydroxylation is 1. The van der Waals surface area contributed by atoms with Crippen molar-refractivity contribution in [1.29, 1.82) is 0 Å². The van der Waals surface area contributed by atoms with E-state index in [1.165, 1.54) is 12.1 Å². The van der Waals surface area contributed by atoms with Gasteiger partial charge < -0.3 is 9.63 Å². The van der Waals surface area contributed by atoms with Gasteiger partial charge in [0.15, 0.2) is 0 Å². The van der Waals surface area contributed by atoms with Crippen LogP contribution in [0.15, 0.2) is 22.7 Å². The SMILES string of the molecule is Cc1onc(-c2ccc(Cl)cc2F)c1CO. The Morgan fingerprint density at radius 1 is 1.50 bits per heavy atom. The molecule has 84 valence electrons. The number of benzene rings is 1. The fourth-order valence-corrected chi connectivity index (χ4v) is 1.63. The third kappa shape index (κ3) is 1.81. The molecule has 0 amide bonds. The first-order valence-corrected chi connectivity index (χ1v) is 5.02. The van der Waals surface area contributed by atoms with E-state index in [4.69, 9.17) is 21.2 Å². The summed E-state index contributed by atoms with van der Waals surface area (Å²) < 4.78 is 18.5. The fraction of sp³-hybridized carbons (Fsp3) is 0.182. The first-order chi connectivity index (χ1) is 7.63. The number of hydrogen-bond donors (Lipinski definition) is 1. The molecule has 1 aromatic heterocycles. The Morgan fingerprint density at radius 2 is 2.25 bits per heavy atom. The molecule has 1 aromatic carbocycles. The molecule has 1 heterocycles. The monoisotopic (exact) mass is 241 g/mol. The highest BCUT2D eigenvalue weighted by molar-refractivity contribution is 6.30. The third-order valence-electron chi connectivity index (χ3n) is 2.33. The Morgan fingerprint density at radius 3 is 2.88 bits per heavy atom. The zero-order valence-corrected chi connectivity index (χ0v) is 9.25. The van der Waals surface area contributed by atoms with E-state index in [-0.39, 0.29) is 12.2 Å². The predicted molar refractivity (Wildman–Crippen MR) is 57.6 cm³/mol. The van der Waals surface area contributed by atoms with Crippen LogP contribution in [0.2, 0.25) is 5.02 Å². The number of nitrogens with zero attached hydrogens (tertiary/aromatic N) is 1. The molecule has 0 bridgehead atoms. The summed E-state index contributed by atoms with van der Waals surface area (Å²) in [5.74, 6) is -0.0117. The maximum atomic E-state index is 13.6. The second-order valence-electron chi connectivity index (χ2n) is 3.35. The summed E-state index contributed by atoms with van der Waals surface area (Å²) in [5.41, 5.74) is 1.07. The molecule has 0 aliphatic carbocycles. The molecule has 0 atom stereocenters. The Balaban J connectivity index is 2.58. The van der Waals surface area contributed by atoms with Gasteiger partial charge in [0.1, 0.15) is 17.3 Å². The highest BCUT2D eigenvalue weighted by atomic mass is 35.5. The topological polar surface area (TPSA) is 46.3 Å². The van der Waals surface area contributed by atoms with E-state index in [1.54, 1.807) is 13.0 Å². The van der Waals surface area contributed by atoms with Gasteiger partial charge in [-0.1, -0.05) is 16.8 Å². The Hall–Kier alpha value is -1.39. The van der Waals surface area contributed by atoms with Gasteiger partial charge >= 0.3 is 0 Å². The zero-order valence-electron chi connectivity index (χ0n) is 8.50. The number of aliphatic hydroxyl groups excluding tert-OH is 1. The van der Waals surface area contributed by atoms with Crippen LogP contribution in [0.5, 0.6) is 0 Å². The van der Waals surface area contributed by atoms with Crippen LogP contribution in [-0.2, 0) is 6.61 Å². The standard InChI is InChI=1S/C11H9ClFNO2/c1-6-9(5-15)11(14-16-6)8-3-2-7(12)4-10(8)13/h2-4,15H,5H2,1H3. The zero-order chi connectivity index (χ0) is 11.7. The molecule has 0 saturated carbocycles. The minimum Gasteiger partial charge on any atom is -0.391 e. The van der Waals surface area contributed by atoms with Gasteiger partial charge in [0.2, 0.25) is 0 Å². The highest BCUT2D eigenvalue weighted by Crippen LogP contribution is 2.28. The molecular formula is C11H9ClFNO2. The van der Waals surface area contributed by atoms with Gasteiger partial charge in [0.05, 0.1) is 6.61 Å². The lowest BCUT2D eigenvalue weighted by Gasteiger charge is -2.01. The number of rotatable bonds is 2. The predicted octanol–water partition coefficient (Wildman–Crippen LogP) is 2.93. The van der Waals surface area contributed by atoms with Crippen molar-refractivity contribution < 1.29 is 14.0 Å². The Labute approximate surface area is 96.4 Å². The number of hydrogen-bond acceptors (Lipinski definition) is 3. The minimum atomic E-state index is -0.490. The summed E-state index contributed by atoms with van der Waals surface area (Å²) >= 11 is 5.65. The molecule has 2 aromatic rings. The van der Waals surface area contributed by atoms with Crippen molar-refractivity contribution in [1.82, 2.24) is 5.16 Å². The minimum absolute atomic E-state index is 0.243. The largest absolute Gasteiger partial charge is 0.391 e. The van der Waals surface area contributed by atoms with Crippen molar-refractivity contribution in [3.8, 4) is 11.3 Å². The van der Waals surface area contributed by atoms with Gasteiger partial charge in [-0.05, 0) is 25.1 Å². The summed E-state index contributed by atoms with van der Waals surface area (Å²) in [6.45, 7) is 1.42. The van der Waals surface area contributed by atoms with E-state index in [0.717, 1.165) is 0 Å². The molecule has 5 heteroatoms. The summed E-state index contributed by atoms with van der Waals surface area (Å²) in [7, 11) is 0. The lowest BCUT2D eigenvalue weighted by Crippen LogP contribution is -1.91. The van der Waals surface area contributed by atoms with Crippen molar-refractivity contribution in [2.24, 2.45) is 0 Å². The van der Waals surface area contributed by atoms with Crippen LogP contribution in [0.25, 0.3) is 11.3 Å². The van der Waals surface area contributed by atoms with Crippen molar-refractivity contribution >= 4 is 11.6 Å². The molecule has 2 rings (SSSR count). The summed E-state index contributed by atoms with van der Waals surface area (Å²) in [6, 6.07) is 4.27. The van der Waals surface area contributed by atoms with Gasteiger partial charge in [0, 0.05) is 16.1 Å². The molecular weight excluding hydrogens is 233 g/mol. The number of aromatic nitrogens is 1. The van der Waals surface area contributed by atoms with Crippen molar-refractivity contribution in [3.05, 3.63) is 40.4 Å². The molecule has 3 nitrogen and oxygen atoms in total. The summed E-state index contributed by atoms with van der Waals surface area (Å²) in [5, 5.41) is 13.2. The molecule has 0 fully saturated rings. The summed E-state index contributed by atoms with van der Waals surface area (Å²) in [6.07, 6.45) is 0. The lowest BCUT2D eigenvalue weighted by atomic mass is 10.1. The molecule has 0 spiro atoms. The molecule has 0 aliphatic rings. The third-order valence-corrected chi connectivity index (χ3v) is 2.56. The van der Waals surface area contributed by atoms with Crippen LogP contribution in [0.4, 0.5) is 4.39 Å². The van der Waals surface area contributed by atoms with E-state index < -0.39 is 5.82 Å². The molecule has 0 unspecified atom stereocenters. The van der Waals surface area contributed by atoms with Crippen LogP contribution < -0.4 is 0 Å². The quantitative estimate of drug-likeness (QED) is 0.879. The molecule has 0 saturated heterocycles. The molecule has 16 heavy (non-hydrogen) atoms. The first-order valence-electron chi connectivity index (χ1n) is 4.65. The van der Waals surface area contributed by atoms with E-state index >= 15 is 0 Å². The normalized spacial score (nSPS) is 10.8. The molecule has 0 aliphatic heterocycles. The Bertz CT molecular complexity index is 525. The van der Waals surface area contributed by atoms with Gasteiger partial charge in [-0.2, -0.15) is 0 Å². The molecule has 0 radical (unpaired) electrons. The second-order valence-corrected chi connectivity index (χ2v) is 3.78. The summed E-state index contributed by atoms with van der Waals surface area (Å²) in [4.78, 5) is 0. The smallest absolute Gasteiger partial charge is 0.139 e. The van der Waals surface area contributed by atoms with Gasteiger partial charge in [-0.15, -0.1) is 0 Å². The van der Waals surface area contributed by atoms with Crippen molar-refractivity contribution in [2.75, 3.05) is 0 Å². The van der Waals surface area contributed by atoms with Crippen LogP contribution in [0.3, 0.4) is 0 Å². The van der Waals surface area contributed by atoms with E-state index in [2.05, 4.69) is 5.16 Å². The fourth-order valence-electron chi connectivity index (χ4n) is 1.47. The first kappa shape index (κ1) is 11.1. The maximum Gasteiger partial charge on any atom is 0.139 e. The second kappa shape index (κ2) is 4.23.